The van der Waals surface area contributed by atoms with Gasteiger partial charge >= 0.3 is 0 Å². The van der Waals surface area contributed by atoms with Gasteiger partial charge in [-0.15, -0.1) is 0 Å². The molecule has 0 fully saturated rings. The quantitative estimate of drug-likeness (QED) is 0.876. The molecule has 0 aromatic heterocycles. The molecule has 0 spiro atoms. The second kappa shape index (κ2) is 7.92. The maximum Gasteiger partial charge on any atom is 0.258 e. The van der Waals surface area contributed by atoms with E-state index in [2.05, 4.69) is 17.4 Å². The number of aryl methyl sites for hydroxylation is 1. The van der Waals surface area contributed by atoms with Crippen LogP contribution in [0.3, 0.4) is 0 Å². The summed E-state index contributed by atoms with van der Waals surface area (Å²) in [7, 11) is 3.15. The number of ether oxygens (including phenoxy) is 3. The van der Waals surface area contributed by atoms with Gasteiger partial charge in [0.2, 0.25) is 0 Å². The highest BCUT2D eigenvalue weighted by atomic mass is 16.5. The molecule has 1 aliphatic carbocycles. The van der Waals surface area contributed by atoms with Crippen molar-refractivity contribution in [2.45, 2.75) is 25.3 Å². The van der Waals surface area contributed by atoms with E-state index in [1.807, 2.05) is 12.1 Å². The van der Waals surface area contributed by atoms with E-state index in [9.17, 15) is 4.79 Å². The van der Waals surface area contributed by atoms with Crippen molar-refractivity contribution in [3.63, 3.8) is 0 Å². The van der Waals surface area contributed by atoms with Gasteiger partial charge in [-0.25, -0.2) is 0 Å². The van der Waals surface area contributed by atoms with E-state index in [0.717, 1.165) is 19.3 Å². The maximum absolute atomic E-state index is 12.3. The molecule has 0 radical (unpaired) electrons. The van der Waals surface area contributed by atoms with Crippen LogP contribution in [0.5, 0.6) is 17.2 Å². The average molecular weight is 341 g/mol. The number of rotatable bonds is 6. The summed E-state index contributed by atoms with van der Waals surface area (Å²) in [5.41, 5.74) is 2.53. The molecule has 25 heavy (non-hydrogen) atoms. The van der Waals surface area contributed by atoms with Gasteiger partial charge in [0, 0.05) is 18.2 Å². The summed E-state index contributed by atoms with van der Waals surface area (Å²) in [5, 5.41) is 3.08. The minimum Gasteiger partial charge on any atom is -0.496 e. The predicted molar refractivity (Wildman–Crippen MR) is 95.3 cm³/mol. The van der Waals surface area contributed by atoms with E-state index in [1.54, 1.807) is 32.4 Å². The minimum absolute atomic E-state index is 0.0466. The molecule has 0 heterocycles. The van der Waals surface area contributed by atoms with Crippen molar-refractivity contribution < 1.29 is 19.0 Å². The van der Waals surface area contributed by atoms with Crippen LogP contribution >= 0.6 is 0 Å². The highest BCUT2D eigenvalue weighted by Gasteiger charge is 2.21. The number of amides is 1. The molecule has 5 heteroatoms. The Labute approximate surface area is 147 Å². The molecule has 0 aliphatic heterocycles. The van der Waals surface area contributed by atoms with Crippen LogP contribution in [-0.2, 0) is 11.2 Å². The van der Waals surface area contributed by atoms with Gasteiger partial charge in [0.25, 0.3) is 5.91 Å². The number of benzene rings is 2. The predicted octanol–water partition coefficient (Wildman–Crippen LogP) is 3.28. The Morgan fingerprint density at radius 1 is 1.08 bits per heavy atom. The number of carbonyl (C=O) groups excluding carboxylic acids is 1. The fraction of sp³-hybridized carbons (Fsp3) is 0.350. The SMILES string of the molecule is COc1cc(OC)cc(OCC(=O)NC2CCCc3ccccc32)c1. The highest BCUT2D eigenvalue weighted by Crippen LogP contribution is 2.30. The fourth-order valence-electron chi connectivity index (χ4n) is 3.15. The molecule has 0 saturated carbocycles. The summed E-state index contributed by atoms with van der Waals surface area (Å²) in [6, 6.07) is 13.6. The van der Waals surface area contributed by atoms with Crippen LogP contribution in [0, 0.1) is 0 Å². The molecule has 3 rings (SSSR count). The van der Waals surface area contributed by atoms with Crippen LogP contribution in [0.25, 0.3) is 0 Å². The van der Waals surface area contributed by atoms with E-state index < -0.39 is 0 Å². The molecular formula is C20H23NO4. The first-order chi connectivity index (χ1) is 12.2. The van der Waals surface area contributed by atoms with Crippen molar-refractivity contribution >= 4 is 5.91 Å². The van der Waals surface area contributed by atoms with Crippen molar-refractivity contribution in [1.29, 1.82) is 0 Å². The monoisotopic (exact) mass is 341 g/mol. The molecule has 1 aliphatic rings. The Bertz CT molecular complexity index is 722. The van der Waals surface area contributed by atoms with Crippen molar-refractivity contribution in [3.05, 3.63) is 53.6 Å². The lowest BCUT2D eigenvalue weighted by atomic mass is 9.88. The largest absolute Gasteiger partial charge is 0.496 e. The molecule has 0 bridgehead atoms. The molecular weight excluding hydrogens is 318 g/mol. The van der Waals surface area contributed by atoms with Gasteiger partial charge in [0.05, 0.1) is 20.3 Å². The number of methoxy groups -OCH3 is 2. The van der Waals surface area contributed by atoms with Crippen LogP contribution < -0.4 is 19.5 Å². The molecule has 5 nitrogen and oxygen atoms in total. The second-order valence-electron chi connectivity index (χ2n) is 6.05. The van der Waals surface area contributed by atoms with E-state index in [0.29, 0.717) is 17.2 Å². The van der Waals surface area contributed by atoms with Crippen molar-refractivity contribution in [3.8, 4) is 17.2 Å². The maximum atomic E-state index is 12.3. The smallest absolute Gasteiger partial charge is 0.258 e. The zero-order valence-corrected chi connectivity index (χ0v) is 14.6. The normalized spacial score (nSPS) is 15.8. The lowest BCUT2D eigenvalue weighted by Crippen LogP contribution is -2.34. The molecule has 132 valence electrons. The van der Waals surface area contributed by atoms with Crippen molar-refractivity contribution in [2.24, 2.45) is 0 Å². The molecule has 1 atom stereocenters. The van der Waals surface area contributed by atoms with Crippen LogP contribution in [-0.4, -0.2) is 26.7 Å². The second-order valence-corrected chi connectivity index (χ2v) is 6.05. The number of hydrogen-bond donors (Lipinski definition) is 1. The Kier molecular flexibility index (Phi) is 5.43. The van der Waals surface area contributed by atoms with Crippen LogP contribution in [0.2, 0.25) is 0 Å². The minimum atomic E-state index is -0.136. The van der Waals surface area contributed by atoms with Gasteiger partial charge in [-0.3, -0.25) is 4.79 Å². The first kappa shape index (κ1) is 17.1. The summed E-state index contributed by atoms with van der Waals surface area (Å²) >= 11 is 0. The van der Waals surface area contributed by atoms with Gasteiger partial charge in [0.15, 0.2) is 6.61 Å². The number of nitrogens with one attached hydrogen (secondary N) is 1. The van der Waals surface area contributed by atoms with Crippen molar-refractivity contribution in [2.75, 3.05) is 20.8 Å². The Balaban J connectivity index is 1.61. The molecule has 1 N–H and O–H groups in total. The van der Waals surface area contributed by atoms with E-state index in [1.165, 1.54) is 11.1 Å². The van der Waals surface area contributed by atoms with E-state index >= 15 is 0 Å². The molecule has 1 unspecified atom stereocenters. The summed E-state index contributed by atoms with van der Waals surface area (Å²) < 4.78 is 16.0. The molecule has 2 aromatic carbocycles. The number of fused-ring (bicyclic) bond motifs is 1. The standard InChI is InChI=1S/C20H23NO4/c1-23-15-10-16(24-2)12-17(11-15)25-13-20(22)21-19-9-5-7-14-6-3-4-8-18(14)19/h3-4,6,8,10-12,19H,5,7,9,13H2,1-2H3,(H,21,22). The lowest BCUT2D eigenvalue weighted by Gasteiger charge is -2.26. The Morgan fingerprint density at radius 2 is 1.76 bits per heavy atom. The molecule has 0 saturated heterocycles. The highest BCUT2D eigenvalue weighted by molar-refractivity contribution is 5.78. The topological polar surface area (TPSA) is 56.8 Å². The zero-order chi connectivity index (χ0) is 17.6. The van der Waals surface area contributed by atoms with Crippen LogP contribution in [0.15, 0.2) is 42.5 Å². The third-order valence-corrected chi connectivity index (χ3v) is 4.40. The van der Waals surface area contributed by atoms with Gasteiger partial charge < -0.3 is 19.5 Å². The average Bonchev–Trinajstić information content (AvgIpc) is 2.66. The Morgan fingerprint density at radius 3 is 2.48 bits per heavy atom. The van der Waals surface area contributed by atoms with Gasteiger partial charge in [0.1, 0.15) is 17.2 Å². The first-order valence-electron chi connectivity index (χ1n) is 8.42. The van der Waals surface area contributed by atoms with E-state index in [-0.39, 0.29) is 18.6 Å². The van der Waals surface area contributed by atoms with Gasteiger partial charge in [-0.1, -0.05) is 24.3 Å². The van der Waals surface area contributed by atoms with E-state index in [4.69, 9.17) is 14.2 Å². The van der Waals surface area contributed by atoms with Crippen LogP contribution in [0.1, 0.15) is 30.0 Å². The van der Waals surface area contributed by atoms with Crippen molar-refractivity contribution in [1.82, 2.24) is 5.32 Å². The molecule has 2 aromatic rings. The summed E-state index contributed by atoms with van der Waals surface area (Å²) in [6.07, 6.45) is 3.11. The fourth-order valence-corrected chi connectivity index (χ4v) is 3.15. The summed E-state index contributed by atoms with van der Waals surface area (Å²) in [5.74, 6) is 1.64. The lowest BCUT2D eigenvalue weighted by molar-refractivity contribution is -0.124. The summed E-state index contributed by atoms with van der Waals surface area (Å²) in [6.45, 7) is -0.0466. The Hall–Kier alpha value is -2.69. The van der Waals surface area contributed by atoms with Gasteiger partial charge in [-0.2, -0.15) is 0 Å². The third kappa shape index (κ3) is 4.24. The molecule has 1 amide bonds. The third-order valence-electron chi connectivity index (χ3n) is 4.40. The first-order valence-corrected chi connectivity index (χ1v) is 8.42. The van der Waals surface area contributed by atoms with Crippen LogP contribution in [0.4, 0.5) is 0 Å². The number of hydrogen-bond acceptors (Lipinski definition) is 4. The van der Waals surface area contributed by atoms with Gasteiger partial charge in [-0.05, 0) is 30.4 Å². The zero-order valence-electron chi connectivity index (χ0n) is 14.6. The summed E-state index contributed by atoms with van der Waals surface area (Å²) in [4.78, 5) is 12.3. The number of carbonyl (C=O) groups is 1.